The lowest BCUT2D eigenvalue weighted by molar-refractivity contribution is 0.0730. The Morgan fingerprint density at radius 2 is 1.76 bits per heavy atom. The summed E-state index contributed by atoms with van der Waals surface area (Å²) in [4.78, 5) is 12.6. The Hall–Kier alpha value is -2.38. The number of hydrogen-bond donors (Lipinski definition) is 2. The van der Waals surface area contributed by atoms with Gasteiger partial charge in [0.2, 0.25) is 20.0 Å². The van der Waals surface area contributed by atoms with Crippen molar-refractivity contribution in [3.05, 3.63) is 53.1 Å². The van der Waals surface area contributed by atoms with Gasteiger partial charge in [-0.2, -0.15) is 4.31 Å². The number of sulfonamides is 2. The van der Waals surface area contributed by atoms with Gasteiger partial charge in [-0.15, -0.1) is 0 Å². The number of morpholine rings is 1. The molecule has 0 atom stereocenters. The van der Waals surface area contributed by atoms with E-state index in [4.69, 9.17) is 21.1 Å². The first kappa shape index (κ1) is 25.2. The number of carbonyl (C=O) groups excluding carboxylic acids is 1. The second kappa shape index (κ2) is 10.7. The number of rotatable bonds is 9. The molecular formula is C20H24ClN3O7S2. The predicted molar refractivity (Wildman–Crippen MR) is 124 cm³/mol. The molecule has 0 aromatic heterocycles. The number of carbonyl (C=O) groups is 1. The van der Waals surface area contributed by atoms with E-state index in [1.54, 1.807) is 12.1 Å². The third-order valence-corrected chi connectivity index (χ3v) is 7.45. The number of anilines is 1. The molecule has 180 valence electrons. The summed E-state index contributed by atoms with van der Waals surface area (Å²) in [6, 6.07) is 10.3. The van der Waals surface area contributed by atoms with Crippen molar-refractivity contribution in [3.63, 3.8) is 0 Å². The van der Waals surface area contributed by atoms with Crippen LogP contribution >= 0.6 is 11.6 Å². The van der Waals surface area contributed by atoms with Crippen LogP contribution in [0.3, 0.4) is 0 Å². The molecule has 1 heterocycles. The first-order valence-corrected chi connectivity index (χ1v) is 13.6. The summed E-state index contributed by atoms with van der Waals surface area (Å²) in [7, 11) is -7.07. The van der Waals surface area contributed by atoms with E-state index >= 15 is 0 Å². The minimum atomic E-state index is -3.58. The molecular weight excluding hydrogens is 494 g/mol. The Labute approximate surface area is 197 Å². The van der Waals surface area contributed by atoms with Gasteiger partial charge in [-0.3, -0.25) is 9.52 Å². The summed E-state index contributed by atoms with van der Waals surface area (Å²) in [6.07, 6.45) is 1.00. The zero-order valence-corrected chi connectivity index (χ0v) is 20.2. The van der Waals surface area contributed by atoms with Gasteiger partial charge in [0.25, 0.3) is 5.91 Å². The molecule has 3 rings (SSSR count). The van der Waals surface area contributed by atoms with E-state index in [1.165, 1.54) is 34.6 Å². The lowest BCUT2D eigenvalue weighted by atomic mass is 10.2. The molecule has 10 nitrogen and oxygen atoms in total. The molecule has 0 unspecified atom stereocenters. The summed E-state index contributed by atoms with van der Waals surface area (Å²) in [5.74, 6) is -0.0461. The highest BCUT2D eigenvalue weighted by atomic mass is 35.5. The van der Waals surface area contributed by atoms with Crippen molar-refractivity contribution in [1.82, 2.24) is 9.62 Å². The Bertz CT molecular complexity index is 1200. The number of hydrogen-bond acceptors (Lipinski definition) is 7. The van der Waals surface area contributed by atoms with Crippen molar-refractivity contribution in [2.24, 2.45) is 0 Å². The number of nitrogens with one attached hydrogen (secondary N) is 2. The number of nitrogens with zero attached hydrogens (tertiary/aromatic N) is 1. The van der Waals surface area contributed by atoms with Gasteiger partial charge in [-0.25, -0.2) is 16.8 Å². The molecule has 2 N–H and O–H groups in total. The molecule has 2 aromatic rings. The molecule has 2 aromatic carbocycles. The molecule has 0 bridgehead atoms. The highest BCUT2D eigenvalue weighted by Gasteiger charge is 2.26. The number of ether oxygens (including phenoxy) is 2. The average Bonchev–Trinajstić information content (AvgIpc) is 2.78. The Kier molecular flexibility index (Phi) is 8.19. The maximum absolute atomic E-state index is 12.6. The summed E-state index contributed by atoms with van der Waals surface area (Å²) in [5.41, 5.74) is 0.332. The third kappa shape index (κ3) is 7.05. The molecule has 1 aliphatic rings. The lowest BCUT2D eigenvalue weighted by Crippen LogP contribution is -2.40. The van der Waals surface area contributed by atoms with Crippen LogP contribution < -0.4 is 14.8 Å². The molecule has 0 saturated carbocycles. The van der Waals surface area contributed by atoms with E-state index in [1.807, 2.05) is 0 Å². The van der Waals surface area contributed by atoms with Crippen molar-refractivity contribution in [2.45, 2.75) is 4.90 Å². The fourth-order valence-electron chi connectivity index (χ4n) is 3.05. The molecule has 0 aliphatic carbocycles. The normalized spacial score (nSPS) is 15.1. The summed E-state index contributed by atoms with van der Waals surface area (Å²) in [6.45, 7) is 1.65. The van der Waals surface area contributed by atoms with Crippen molar-refractivity contribution in [1.29, 1.82) is 0 Å². The van der Waals surface area contributed by atoms with Crippen LogP contribution in [0.4, 0.5) is 5.69 Å². The molecule has 13 heteroatoms. The van der Waals surface area contributed by atoms with Gasteiger partial charge in [0.15, 0.2) is 0 Å². The average molecular weight is 518 g/mol. The number of halogens is 1. The SMILES string of the molecule is CS(=O)(=O)Nc1ccc(Cl)c(C(=O)NCCOc2ccc(S(=O)(=O)N3CCOCC3)cc2)c1. The Morgan fingerprint density at radius 1 is 1.09 bits per heavy atom. The quantitative estimate of drug-likeness (QED) is 0.482. The van der Waals surface area contributed by atoms with Crippen LogP contribution in [-0.2, 0) is 24.8 Å². The Balaban J connectivity index is 1.52. The van der Waals surface area contributed by atoms with Gasteiger partial charge in [0, 0.05) is 18.8 Å². The first-order chi connectivity index (χ1) is 15.6. The number of benzene rings is 2. The van der Waals surface area contributed by atoms with Crippen LogP contribution in [0.1, 0.15) is 10.4 Å². The number of amides is 1. The van der Waals surface area contributed by atoms with Crippen molar-refractivity contribution < 1.29 is 31.1 Å². The molecule has 1 saturated heterocycles. The van der Waals surface area contributed by atoms with E-state index in [9.17, 15) is 21.6 Å². The van der Waals surface area contributed by atoms with E-state index < -0.39 is 26.0 Å². The van der Waals surface area contributed by atoms with E-state index in [-0.39, 0.29) is 34.3 Å². The van der Waals surface area contributed by atoms with Crippen LogP contribution in [0.25, 0.3) is 0 Å². The van der Waals surface area contributed by atoms with Gasteiger partial charge in [0.05, 0.1) is 41.5 Å². The van der Waals surface area contributed by atoms with Gasteiger partial charge < -0.3 is 14.8 Å². The lowest BCUT2D eigenvalue weighted by Gasteiger charge is -2.26. The topological polar surface area (TPSA) is 131 Å². The highest BCUT2D eigenvalue weighted by molar-refractivity contribution is 7.92. The van der Waals surface area contributed by atoms with Gasteiger partial charge >= 0.3 is 0 Å². The summed E-state index contributed by atoms with van der Waals surface area (Å²) >= 11 is 6.05. The van der Waals surface area contributed by atoms with E-state index in [0.717, 1.165) is 6.26 Å². The van der Waals surface area contributed by atoms with E-state index in [2.05, 4.69) is 10.0 Å². The van der Waals surface area contributed by atoms with Crippen LogP contribution in [-0.4, -0.2) is 72.8 Å². The Morgan fingerprint density at radius 3 is 2.39 bits per heavy atom. The standard InChI is InChI=1S/C20H24ClN3O7S2/c1-32(26,27)23-15-2-7-19(21)18(14-15)20(25)22-8-11-31-16-3-5-17(6-4-16)33(28,29)24-9-12-30-13-10-24/h2-7,14,23H,8-13H2,1H3,(H,22,25). The fourth-order valence-corrected chi connectivity index (χ4v) is 5.22. The first-order valence-electron chi connectivity index (χ1n) is 9.92. The second-order valence-electron chi connectivity index (χ2n) is 7.16. The summed E-state index contributed by atoms with van der Waals surface area (Å²) in [5, 5.41) is 2.81. The minimum absolute atomic E-state index is 0.114. The molecule has 1 amide bonds. The largest absolute Gasteiger partial charge is 0.492 e. The van der Waals surface area contributed by atoms with Gasteiger partial charge in [-0.1, -0.05) is 11.6 Å². The monoisotopic (exact) mass is 517 g/mol. The minimum Gasteiger partial charge on any atom is -0.492 e. The van der Waals surface area contributed by atoms with E-state index in [0.29, 0.717) is 32.1 Å². The molecule has 0 spiro atoms. The summed E-state index contributed by atoms with van der Waals surface area (Å²) < 4.78 is 62.4. The zero-order valence-electron chi connectivity index (χ0n) is 17.8. The maximum atomic E-state index is 12.6. The predicted octanol–water partition coefficient (Wildman–Crippen LogP) is 1.54. The molecule has 0 radical (unpaired) electrons. The molecule has 1 fully saturated rings. The molecule has 33 heavy (non-hydrogen) atoms. The second-order valence-corrected chi connectivity index (χ2v) is 11.3. The molecule has 1 aliphatic heterocycles. The third-order valence-electron chi connectivity index (χ3n) is 4.60. The van der Waals surface area contributed by atoms with Crippen molar-refractivity contribution >= 4 is 43.2 Å². The van der Waals surface area contributed by atoms with Crippen molar-refractivity contribution in [2.75, 3.05) is 50.4 Å². The van der Waals surface area contributed by atoms with Crippen molar-refractivity contribution in [3.8, 4) is 5.75 Å². The van der Waals surface area contributed by atoms with Crippen LogP contribution in [0, 0.1) is 0 Å². The van der Waals surface area contributed by atoms with Crippen LogP contribution in [0.5, 0.6) is 5.75 Å². The maximum Gasteiger partial charge on any atom is 0.252 e. The fraction of sp³-hybridized carbons (Fsp3) is 0.350. The van der Waals surface area contributed by atoms with Crippen LogP contribution in [0.2, 0.25) is 5.02 Å². The smallest absolute Gasteiger partial charge is 0.252 e. The van der Waals surface area contributed by atoms with Gasteiger partial charge in [0.1, 0.15) is 12.4 Å². The van der Waals surface area contributed by atoms with Crippen LogP contribution in [0.15, 0.2) is 47.4 Å². The zero-order chi connectivity index (χ0) is 24.1. The highest BCUT2D eigenvalue weighted by Crippen LogP contribution is 2.22. The van der Waals surface area contributed by atoms with Gasteiger partial charge in [-0.05, 0) is 42.5 Å².